The van der Waals surface area contributed by atoms with E-state index < -0.39 is 0 Å². The molecule has 0 spiro atoms. The first-order valence-corrected chi connectivity index (χ1v) is 6.12. The third-order valence-corrected chi connectivity index (χ3v) is 2.59. The molecule has 2 heteroatoms. The molecule has 0 fully saturated rings. The van der Waals surface area contributed by atoms with Crippen molar-refractivity contribution in [1.29, 1.82) is 0 Å². The minimum atomic E-state index is -0.0210. The van der Waals surface area contributed by atoms with Gasteiger partial charge in [-0.1, -0.05) is 50.6 Å². The van der Waals surface area contributed by atoms with Gasteiger partial charge in [-0.15, -0.1) is 0 Å². The lowest BCUT2D eigenvalue weighted by Gasteiger charge is -2.16. The molecule has 1 aromatic carbocycles. The maximum absolute atomic E-state index is 12.2. The molecule has 0 aliphatic heterocycles. The zero-order valence-electron chi connectivity index (χ0n) is 10.2. The monoisotopic (exact) mass is 219 g/mol. The molecular weight excluding hydrogens is 198 g/mol. The average Bonchev–Trinajstić information content (AvgIpc) is 2.35. The number of rotatable bonds is 7. The van der Waals surface area contributed by atoms with Crippen LogP contribution >= 0.6 is 0 Å². The second kappa shape index (κ2) is 7.18. The third-order valence-electron chi connectivity index (χ3n) is 2.59. The summed E-state index contributed by atoms with van der Waals surface area (Å²) >= 11 is 0. The highest BCUT2D eigenvalue weighted by Gasteiger charge is 2.17. The van der Waals surface area contributed by atoms with Gasteiger partial charge in [-0.25, -0.2) is 0 Å². The predicted octanol–water partition coefficient (Wildman–Crippen LogP) is 3.04. The Morgan fingerprint density at radius 1 is 1.19 bits per heavy atom. The molecule has 0 radical (unpaired) electrons. The fourth-order valence-corrected chi connectivity index (χ4v) is 1.74. The fourth-order valence-electron chi connectivity index (χ4n) is 1.74. The molecule has 0 aliphatic carbocycles. The topological polar surface area (TPSA) is 29.1 Å². The maximum Gasteiger partial charge on any atom is 0.179 e. The van der Waals surface area contributed by atoms with E-state index in [0.717, 1.165) is 31.4 Å². The van der Waals surface area contributed by atoms with E-state index in [-0.39, 0.29) is 11.8 Å². The van der Waals surface area contributed by atoms with Crippen molar-refractivity contribution < 1.29 is 4.79 Å². The highest BCUT2D eigenvalue weighted by atomic mass is 16.1. The Hall–Kier alpha value is -1.15. The number of benzene rings is 1. The average molecular weight is 219 g/mol. The molecule has 16 heavy (non-hydrogen) atoms. The zero-order valence-corrected chi connectivity index (χ0v) is 10.2. The van der Waals surface area contributed by atoms with Gasteiger partial charge in [0.25, 0.3) is 0 Å². The summed E-state index contributed by atoms with van der Waals surface area (Å²) in [5.41, 5.74) is 0.810. The highest BCUT2D eigenvalue weighted by Crippen LogP contribution is 2.07. The Morgan fingerprint density at radius 3 is 2.44 bits per heavy atom. The van der Waals surface area contributed by atoms with Gasteiger partial charge in [0.15, 0.2) is 5.78 Å². The van der Waals surface area contributed by atoms with Crippen LogP contribution in [0.15, 0.2) is 30.3 Å². The molecule has 1 atom stereocenters. The number of carbonyl (C=O) groups excluding carboxylic acids is 1. The first kappa shape index (κ1) is 12.9. The first-order chi connectivity index (χ1) is 7.79. The third kappa shape index (κ3) is 3.78. The van der Waals surface area contributed by atoms with Crippen molar-refractivity contribution in [1.82, 2.24) is 5.32 Å². The molecule has 0 unspecified atom stereocenters. The fraction of sp³-hybridized carbons (Fsp3) is 0.500. The van der Waals surface area contributed by atoms with Gasteiger partial charge >= 0.3 is 0 Å². The van der Waals surface area contributed by atoms with Crippen LogP contribution in [0.1, 0.15) is 43.5 Å². The largest absolute Gasteiger partial charge is 0.307 e. The van der Waals surface area contributed by atoms with Crippen molar-refractivity contribution in [2.75, 3.05) is 6.54 Å². The normalized spacial score (nSPS) is 12.4. The van der Waals surface area contributed by atoms with Gasteiger partial charge in [-0.3, -0.25) is 4.79 Å². The summed E-state index contributed by atoms with van der Waals surface area (Å²) in [6, 6.07) is 9.52. The lowest BCUT2D eigenvalue weighted by molar-refractivity contribution is 0.0937. The van der Waals surface area contributed by atoms with Crippen LogP contribution in [0.2, 0.25) is 0 Å². The summed E-state index contributed by atoms with van der Waals surface area (Å²) in [6.45, 7) is 5.13. The second-order valence-corrected chi connectivity index (χ2v) is 4.03. The van der Waals surface area contributed by atoms with Crippen LogP contribution in [0.25, 0.3) is 0 Å². The Bertz CT molecular complexity index is 308. The molecule has 1 rings (SSSR count). The number of Topliss-reactive ketones (excluding diaryl/α,β-unsaturated/α-hetero) is 1. The van der Waals surface area contributed by atoms with Crippen LogP contribution in [0.4, 0.5) is 0 Å². The van der Waals surface area contributed by atoms with Crippen LogP contribution < -0.4 is 5.32 Å². The Balaban J connectivity index is 2.67. The molecule has 0 heterocycles. The molecule has 0 saturated heterocycles. The summed E-state index contributed by atoms with van der Waals surface area (Å²) < 4.78 is 0. The zero-order chi connectivity index (χ0) is 11.8. The summed E-state index contributed by atoms with van der Waals surface area (Å²) in [5.74, 6) is 0.218. The van der Waals surface area contributed by atoms with Crippen molar-refractivity contribution >= 4 is 5.78 Å². The molecule has 1 aromatic rings. The Labute approximate surface area is 98.1 Å². The molecule has 0 aliphatic rings. The van der Waals surface area contributed by atoms with E-state index in [4.69, 9.17) is 0 Å². The summed E-state index contributed by atoms with van der Waals surface area (Å²) in [6.07, 6.45) is 3.00. The molecule has 2 nitrogen and oxygen atoms in total. The SMILES string of the molecule is CCCN[C@H](CCC)C(=O)c1ccccc1. The van der Waals surface area contributed by atoms with Crippen molar-refractivity contribution in [2.45, 2.75) is 39.2 Å². The Kier molecular flexibility index (Phi) is 5.79. The van der Waals surface area contributed by atoms with E-state index in [1.165, 1.54) is 0 Å². The smallest absolute Gasteiger partial charge is 0.179 e. The van der Waals surface area contributed by atoms with Crippen LogP contribution in [-0.4, -0.2) is 18.4 Å². The highest BCUT2D eigenvalue weighted by molar-refractivity contribution is 6.00. The minimum Gasteiger partial charge on any atom is -0.307 e. The van der Waals surface area contributed by atoms with Gasteiger partial charge in [0, 0.05) is 5.56 Å². The van der Waals surface area contributed by atoms with E-state index in [1.807, 2.05) is 30.3 Å². The van der Waals surface area contributed by atoms with Crippen LogP contribution in [0, 0.1) is 0 Å². The van der Waals surface area contributed by atoms with Crippen molar-refractivity contribution in [2.24, 2.45) is 0 Å². The minimum absolute atomic E-state index is 0.0210. The van der Waals surface area contributed by atoms with Crippen LogP contribution in [0.5, 0.6) is 0 Å². The maximum atomic E-state index is 12.2. The number of nitrogens with one attached hydrogen (secondary N) is 1. The predicted molar refractivity (Wildman–Crippen MR) is 67.8 cm³/mol. The second-order valence-electron chi connectivity index (χ2n) is 4.03. The molecule has 88 valence electrons. The van der Waals surface area contributed by atoms with Gasteiger partial charge in [-0.05, 0) is 19.4 Å². The van der Waals surface area contributed by atoms with Gasteiger partial charge in [0.05, 0.1) is 6.04 Å². The lowest BCUT2D eigenvalue weighted by atomic mass is 10.0. The van der Waals surface area contributed by atoms with Gasteiger partial charge in [0.1, 0.15) is 0 Å². The lowest BCUT2D eigenvalue weighted by Crippen LogP contribution is -2.37. The molecule has 0 amide bonds. The van der Waals surface area contributed by atoms with Gasteiger partial charge < -0.3 is 5.32 Å². The number of hydrogen-bond donors (Lipinski definition) is 1. The van der Waals surface area contributed by atoms with Crippen LogP contribution in [-0.2, 0) is 0 Å². The number of carbonyl (C=O) groups is 1. The quantitative estimate of drug-likeness (QED) is 0.714. The molecule has 1 N–H and O–H groups in total. The van der Waals surface area contributed by atoms with Gasteiger partial charge in [0.2, 0.25) is 0 Å². The number of ketones is 1. The van der Waals surface area contributed by atoms with E-state index in [0.29, 0.717) is 0 Å². The van der Waals surface area contributed by atoms with Gasteiger partial charge in [-0.2, -0.15) is 0 Å². The van der Waals surface area contributed by atoms with E-state index in [1.54, 1.807) is 0 Å². The van der Waals surface area contributed by atoms with Crippen molar-refractivity contribution in [3.8, 4) is 0 Å². The summed E-state index contributed by atoms with van der Waals surface area (Å²) in [7, 11) is 0. The Morgan fingerprint density at radius 2 is 1.88 bits per heavy atom. The summed E-state index contributed by atoms with van der Waals surface area (Å²) in [5, 5.41) is 3.32. The summed E-state index contributed by atoms with van der Waals surface area (Å²) in [4.78, 5) is 12.2. The molecule has 0 saturated carbocycles. The van der Waals surface area contributed by atoms with Crippen molar-refractivity contribution in [3.63, 3.8) is 0 Å². The molecule has 0 aromatic heterocycles. The first-order valence-electron chi connectivity index (χ1n) is 6.12. The van der Waals surface area contributed by atoms with Crippen LogP contribution in [0.3, 0.4) is 0 Å². The van der Waals surface area contributed by atoms with E-state index >= 15 is 0 Å². The number of hydrogen-bond acceptors (Lipinski definition) is 2. The molecule has 0 bridgehead atoms. The van der Waals surface area contributed by atoms with Crippen molar-refractivity contribution in [3.05, 3.63) is 35.9 Å². The molecular formula is C14H21NO. The van der Waals surface area contributed by atoms with E-state index in [9.17, 15) is 4.79 Å². The van der Waals surface area contributed by atoms with E-state index in [2.05, 4.69) is 19.2 Å². The standard InChI is InChI=1S/C14H21NO/c1-3-8-13(15-11-4-2)14(16)12-9-6-5-7-10-12/h5-7,9-10,13,15H,3-4,8,11H2,1-2H3/t13-/m1/s1.